The van der Waals surface area contributed by atoms with Crippen molar-refractivity contribution in [2.45, 2.75) is 43.5 Å². The topological polar surface area (TPSA) is 63.4 Å². The monoisotopic (exact) mass is 336 g/mol. The molecule has 4 nitrogen and oxygen atoms in total. The van der Waals surface area contributed by atoms with Gasteiger partial charge in [0, 0.05) is 17.6 Å². The van der Waals surface area contributed by atoms with Crippen LogP contribution in [0.15, 0.2) is 17.0 Å². The fourth-order valence-electron chi connectivity index (χ4n) is 2.67. The smallest absolute Gasteiger partial charge is 0.246 e. The molecule has 1 fully saturated rings. The van der Waals surface area contributed by atoms with Crippen molar-refractivity contribution in [1.29, 1.82) is 0 Å². The third-order valence-electron chi connectivity index (χ3n) is 3.65. The minimum absolute atomic E-state index is 0.0138. The fourth-order valence-corrected chi connectivity index (χ4v) is 5.38. The molecule has 1 atom stereocenters. The molecule has 112 valence electrons. The van der Waals surface area contributed by atoms with Crippen LogP contribution in [0.25, 0.3) is 0 Å². The fraction of sp³-hybridized carbons (Fsp3) is 0.538. The van der Waals surface area contributed by atoms with Gasteiger partial charge in [-0.15, -0.1) is 0 Å². The first-order valence-corrected chi connectivity index (χ1v) is 8.84. The number of nitrogens with zero attached hydrogens (tertiary/aromatic N) is 1. The Morgan fingerprint density at radius 1 is 1.35 bits per heavy atom. The van der Waals surface area contributed by atoms with Gasteiger partial charge < -0.3 is 5.73 Å². The summed E-state index contributed by atoms with van der Waals surface area (Å²) in [6, 6.07) is 2.85. The van der Waals surface area contributed by atoms with Crippen LogP contribution in [0.4, 0.5) is 5.69 Å². The van der Waals surface area contributed by atoms with Gasteiger partial charge in [-0.1, -0.05) is 36.5 Å². The summed E-state index contributed by atoms with van der Waals surface area (Å²) in [5.74, 6) is 0. The summed E-state index contributed by atoms with van der Waals surface area (Å²) in [5.41, 5.74) is 5.93. The van der Waals surface area contributed by atoms with Gasteiger partial charge in [0.2, 0.25) is 10.0 Å². The number of hydrogen-bond donors (Lipinski definition) is 1. The highest BCUT2D eigenvalue weighted by atomic mass is 35.5. The summed E-state index contributed by atoms with van der Waals surface area (Å²) in [6.07, 6.45) is 3.57. The molecule has 1 heterocycles. The number of nitrogen functional groups attached to an aromatic ring is 1. The highest BCUT2D eigenvalue weighted by molar-refractivity contribution is 7.89. The van der Waals surface area contributed by atoms with Crippen LogP contribution in [0.5, 0.6) is 0 Å². The number of sulfonamides is 1. The summed E-state index contributed by atoms with van der Waals surface area (Å²) in [6.45, 7) is 2.50. The largest absolute Gasteiger partial charge is 0.398 e. The molecule has 20 heavy (non-hydrogen) atoms. The Balaban J connectivity index is 2.49. The minimum atomic E-state index is -3.68. The maximum Gasteiger partial charge on any atom is 0.246 e. The molecule has 0 amide bonds. The normalized spacial score (nSPS) is 21.1. The summed E-state index contributed by atoms with van der Waals surface area (Å²) in [4.78, 5) is -0.0242. The Morgan fingerprint density at radius 2 is 2.05 bits per heavy atom. The van der Waals surface area contributed by atoms with Crippen LogP contribution in [0.1, 0.15) is 32.6 Å². The molecule has 0 bridgehead atoms. The molecule has 1 saturated heterocycles. The summed E-state index contributed by atoms with van der Waals surface area (Å²) in [7, 11) is -3.68. The maximum atomic E-state index is 12.8. The molecule has 0 aromatic heterocycles. The highest BCUT2D eigenvalue weighted by Gasteiger charge is 2.35. The Labute approximate surface area is 129 Å². The maximum absolute atomic E-state index is 12.8. The lowest BCUT2D eigenvalue weighted by molar-refractivity contribution is 0.247. The van der Waals surface area contributed by atoms with E-state index in [4.69, 9.17) is 28.9 Å². The van der Waals surface area contributed by atoms with Crippen LogP contribution in [-0.4, -0.2) is 25.3 Å². The second-order valence-electron chi connectivity index (χ2n) is 4.98. The van der Waals surface area contributed by atoms with E-state index in [0.29, 0.717) is 11.6 Å². The van der Waals surface area contributed by atoms with Crippen LogP contribution in [0, 0.1) is 0 Å². The van der Waals surface area contributed by atoms with Crippen molar-refractivity contribution < 1.29 is 8.42 Å². The van der Waals surface area contributed by atoms with E-state index < -0.39 is 10.0 Å². The zero-order chi connectivity index (χ0) is 14.9. The van der Waals surface area contributed by atoms with E-state index in [0.717, 1.165) is 25.7 Å². The minimum Gasteiger partial charge on any atom is -0.398 e. The van der Waals surface area contributed by atoms with Crippen LogP contribution < -0.4 is 5.73 Å². The molecule has 1 unspecified atom stereocenters. The van der Waals surface area contributed by atoms with Gasteiger partial charge in [-0.3, -0.25) is 0 Å². The quantitative estimate of drug-likeness (QED) is 0.858. The lowest BCUT2D eigenvalue weighted by Crippen LogP contribution is -2.43. The predicted octanol–water partition coefficient (Wildman–Crippen LogP) is 3.53. The van der Waals surface area contributed by atoms with Crippen LogP contribution in [-0.2, 0) is 10.0 Å². The number of benzene rings is 1. The number of anilines is 1. The van der Waals surface area contributed by atoms with E-state index in [9.17, 15) is 8.42 Å². The second-order valence-corrected chi connectivity index (χ2v) is 7.65. The summed E-state index contributed by atoms with van der Waals surface area (Å²) < 4.78 is 27.2. The first-order valence-electron chi connectivity index (χ1n) is 6.64. The first kappa shape index (κ1) is 15.9. The van der Waals surface area contributed by atoms with E-state index in [1.807, 2.05) is 6.92 Å². The van der Waals surface area contributed by atoms with Crippen molar-refractivity contribution in [2.75, 3.05) is 12.3 Å². The Morgan fingerprint density at radius 3 is 2.65 bits per heavy atom. The van der Waals surface area contributed by atoms with E-state index >= 15 is 0 Å². The molecular formula is C13H18Cl2N2O2S. The zero-order valence-corrected chi connectivity index (χ0v) is 13.6. The molecule has 0 saturated carbocycles. The van der Waals surface area contributed by atoms with Gasteiger partial charge in [0.05, 0.1) is 10.7 Å². The Kier molecular flexibility index (Phi) is 4.84. The van der Waals surface area contributed by atoms with Crippen molar-refractivity contribution in [3.8, 4) is 0 Å². The third kappa shape index (κ3) is 2.91. The van der Waals surface area contributed by atoms with Crippen molar-refractivity contribution in [2.24, 2.45) is 0 Å². The van der Waals surface area contributed by atoms with Crippen LogP contribution >= 0.6 is 23.2 Å². The molecule has 1 aromatic rings. The third-order valence-corrected chi connectivity index (χ3v) is 6.35. The lowest BCUT2D eigenvalue weighted by Gasteiger charge is -2.34. The van der Waals surface area contributed by atoms with Crippen LogP contribution in [0.2, 0.25) is 10.0 Å². The van der Waals surface area contributed by atoms with Crippen molar-refractivity contribution >= 4 is 38.9 Å². The average Bonchev–Trinajstić information content (AvgIpc) is 2.37. The molecular weight excluding hydrogens is 319 g/mol. The molecule has 1 aromatic carbocycles. The van der Waals surface area contributed by atoms with Crippen LogP contribution in [0.3, 0.4) is 0 Å². The highest BCUT2D eigenvalue weighted by Crippen LogP contribution is 2.36. The molecule has 0 aliphatic carbocycles. The van der Waals surface area contributed by atoms with Crippen molar-refractivity contribution in [3.05, 3.63) is 22.2 Å². The Bertz CT molecular complexity index is 581. The first-order chi connectivity index (χ1) is 9.37. The standard InChI is InChI=1S/C13H18Cl2N2O2S/c1-2-10-5-3-4-6-17(10)20(18,19)13-11(15)7-9(14)8-12(13)16/h7-8,10H,2-6,16H2,1H3. The van der Waals surface area contributed by atoms with E-state index in [1.165, 1.54) is 16.4 Å². The van der Waals surface area contributed by atoms with E-state index in [-0.39, 0.29) is 21.6 Å². The number of rotatable bonds is 3. The van der Waals surface area contributed by atoms with Crippen molar-refractivity contribution in [1.82, 2.24) is 4.31 Å². The SMILES string of the molecule is CCC1CCCCN1S(=O)(=O)c1c(N)cc(Cl)cc1Cl. The molecule has 1 aliphatic rings. The second kappa shape index (κ2) is 6.10. The number of piperidine rings is 1. The van der Waals surface area contributed by atoms with Gasteiger partial charge in [-0.05, 0) is 31.4 Å². The van der Waals surface area contributed by atoms with Gasteiger partial charge >= 0.3 is 0 Å². The lowest BCUT2D eigenvalue weighted by atomic mass is 10.0. The van der Waals surface area contributed by atoms with E-state index in [2.05, 4.69) is 0 Å². The molecule has 1 aliphatic heterocycles. The number of nitrogens with two attached hydrogens (primary N) is 1. The molecule has 0 radical (unpaired) electrons. The predicted molar refractivity (Wildman–Crippen MR) is 82.7 cm³/mol. The summed E-state index contributed by atoms with van der Waals surface area (Å²) in [5, 5.41) is 0.410. The zero-order valence-electron chi connectivity index (χ0n) is 11.3. The Hall–Kier alpha value is -0.490. The molecule has 2 rings (SSSR count). The van der Waals surface area contributed by atoms with E-state index in [1.54, 1.807) is 0 Å². The van der Waals surface area contributed by atoms with Crippen molar-refractivity contribution in [3.63, 3.8) is 0 Å². The van der Waals surface area contributed by atoms with Gasteiger partial charge in [0.1, 0.15) is 4.90 Å². The van der Waals surface area contributed by atoms with Gasteiger partial charge in [0.15, 0.2) is 0 Å². The average molecular weight is 337 g/mol. The molecule has 2 N–H and O–H groups in total. The van der Waals surface area contributed by atoms with Gasteiger partial charge in [-0.2, -0.15) is 4.31 Å². The molecule has 7 heteroatoms. The number of halogens is 2. The van der Waals surface area contributed by atoms with Gasteiger partial charge in [-0.25, -0.2) is 8.42 Å². The summed E-state index contributed by atoms with van der Waals surface area (Å²) >= 11 is 11.9. The molecule has 0 spiro atoms. The van der Waals surface area contributed by atoms with Gasteiger partial charge in [0.25, 0.3) is 0 Å². The number of hydrogen-bond acceptors (Lipinski definition) is 3.